The Labute approximate surface area is 319 Å². The molecule has 4 amide bonds. The van der Waals surface area contributed by atoms with Gasteiger partial charge < -0.3 is 20.4 Å². The maximum absolute atomic E-state index is 14.4. The van der Waals surface area contributed by atoms with Gasteiger partial charge in [-0.1, -0.05) is 35.3 Å². The molecule has 2 saturated carbocycles. The number of nitriles is 1. The van der Waals surface area contributed by atoms with Gasteiger partial charge in [0, 0.05) is 22.7 Å². The van der Waals surface area contributed by atoms with Gasteiger partial charge in [-0.3, -0.25) is 28.7 Å². The van der Waals surface area contributed by atoms with Crippen LogP contribution in [0.5, 0.6) is 0 Å². The van der Waals surface area contributed by atoms with Gasteiger partial charge in [-0.25, -0.2) is 9.88 Å². The number of nitrogens with one attached hydrogen (secondary N) is 3. The van der Waals surface area contributed by atoms with Crippen LogP contribution in [-0.4, -0.2) is 43.7 Å². The van der Waals surface area contributed by atoms with Gasteiger partial charge in [-0.15, -0.1) is 0 Å². The lowest BCUT2D eigenvalue weighted by atomic mass is 9.91. The predicted molar refractivity (Wildman–Crippen MR) is 197 cm³/mol. The minimum absolute atomic E-state index is 0.0907. The van der Waals surface area contributed by atoms with Crippen molar-refractivity contribution in [1.82, 2.24) is 30.5 Å². The summed E-state index contributed by atoms with van der Waals surface area (Å²) < 4.78 is 6.85. The molecule has 8 rings (SSSR count). The van der Waals surface area contributed by atoms with Gasteiger partial charge in [0.05, 0.1) is 53.1 Å². The van der Waals surface area contributed by atoms with Gasteiger partial charge in [0.15, 0.2) is 0 Å². The first-order valence-electron chi connectivity index (χ1n) is 17.2. The molecule has 2 aromatic carbocycles. The molecule has 272 valence electrons. The van der Waals surface area contributed by atoms with Crippen molar-refractivity contribution in [3.63, 3.8) is 0 Å². The van der Waals surface area contributed by atoms with Gasteiger partial charge in [0.25, 0.3) is 17.7 Å². The normalized spacial score (nSPS) is 18.7. The van der Waals surface area contributed by atoms with Crippen molar-refractivity contribution in [3.05, 3.63) is 129 Å². The number of anilines is 2. The Morgan fingerprint density at radius 3 is 2.28 bits per heavy atom. The molecule has 0 bridgehead atoms. The summed E-state index contributed by atoms with van der Waals surface area (Å²) >= 11 is 12.7. The molecule has 3 aliphatic rings. The van der Waals surface area contributed by atoms with Crippen LogP contribution in [0.2, 0.25) is 10.0 Å². The molecule has 0 spiro atoms. The second kappa shape index (κ2) is 13.2. The van der Waals surface area contributed by atoms with Crippen molar-refractivity contribution in [1.29, 1.82) is 5.26 Å². The van der Waals surface area contributed by atoms with Crippen molar-refractivity contribution < 1.29 is 23.6 Å². The van der Waals surface area contributed by atoms with Gasteiger partial charge in [-0.05, 0) is 92.8 Å². The van der Waals surface area contributed by atoms with Crippen LogP contribution in [-0.2, 0) is 33.6 Å². The number of amides is 4. The molecule has 3 aromatic heterocycles. The summed E-state index contributed by atoms with van der Waals surface area (Å²) in [6.07, 6.45) is 6.69. The molecule has 2 aliphatic carbocycles. The summed E-state index contributed by atoms with van der Waals surface area (Å²) in [7, 11) is 0. The van der Waals surface area contributed by atoms with Crippen molar-refractivity contribution >= 4 is 58.5 Å². The van der Waals surface area contributed by atoms with E-state index >= 15 is 0 Å². The van der Waals surface area contributed by atoms with Crippen LogP contribution in [0.1, 0.15) is 76.0 Å². The standard InChI is InChI=1S/C39H32Cl2N8O5/c1-37(18-23-4-6-24(19-42)7-5-23)35(53)48(28-16-26(40)15-27(41)17-28)36-45-22-30(49(36)37)33(51)46-39(12-13-39)34(52)47-38(10-11-38)31-9-8-25(20-43-31)32(50)44-21-29-3-2-14-54-29/h2-9,14-17,20,22H,10-13,18,21H2,1H3,(H,44,50)(H,46,51)(H,47,52)/t37-/m1/s1. The Morgan fingerprint density at radius 1 is 0.926 bits per heavy atom. The first-order valence-corrected chi connectivity index (χ1v) is 18.0. The molecule has 1 aliphatic heterocycles. The number of halogens is 2. The maximum Gasteiger partial charge on any atom is 0.270 e. The van der Waals surface area contributed by atoms with E-state index in [0.717, 1.165) is 5.56 Å². The van der Waals surface area contributed by atoms with Crippen molar-refractivity contribution in [3.8, 4) is 6.07 Å². The number of carbonyl (C=O) groups excluding carboxylic acids is 4. The third-order valence-electron chi connectivity index (χ3n) is 10.2. The zero-order valence-electron chi connectivity index (χ0n) is 28.9. The van der Waals surface area contributed by atoms with Crippen molar-refractivity contribution in [2.24, 2.45) is 0 Å². The van der Waals surface area contributed by atoms with Crippen LogP contribution >= 0.6 is 23.2 Å². The van der Waals surface area contributed by atoms with Gasteiger partial charge in [0.2, 0.25) is 11.9 Å². The average Bonchev–Trinajstić information content (AvgIpc) is 3.97. The third kappa shape index (κ3) is 6.27. The number of nitrogens with zero attached hydrogens (tertiary/aromatic N) is 5. The molecule has 13 nitrogen and oxygen atoms in total. The minimum atomic E-state index is -1.34. The average molecular weight is 764 g/mol. The van der Waals surface area contributed by atoms with Crippen LogP contribution in [0.25, 0.3) is 0 Å². The Kier molecular flexibility index (Phi) is 8.55. The number of hydrogen-bond acceptors (Lipinski definition) is 8. The summed E-state index contributed by atoms with van der Waals surface area (Å²) in [6, 6.07) is 20.6. The molecular formula is C39H32Cl2N8O5. The largest absolute Gasteiger partial charge is 0.467 e. The smallest absolute Gasteiger partial charge is 0.270 e. The quantitative estimate of drug-likeness (QED) is 0.154. The van der Waals surface area contributed by atoms with Crippen LogP contribution in [0.15, 0.2) is 89.8 Å². The van der Waals surface area contributed by atoms with E-state index in [-0.39, 0.29) is 42.3 Å². The minimum Gasteiger partial charge on any atom is -0.467 e. The highest BCUT2D eigenvalue weighted by molar-refractivity contribution is 6.35. The highest BCUT2D eigenvalue weighted by Gasteiger charge is 2.57. The Balaban J connectivity index is 1.02. The van der Waals surface area contributed by atoms with Crippen molar-refractivity contribution in [2.75, 3.05) is 4.90 Å². The monoisotopic (exact) mass is 762 g/mol. The summed E-state index contributed by atoms with van der Waals surface area (Å²) in [5, 5.41) is 18.8. The third-order valence-corrected chi connectivity index (χ3v) is 10.7. The fourth-order valence-corrected chi connectivity index (χ4v) is 7.45. The number of imidazole rings is 1. The fourth-order valence-electron chi connectivity index (χ4n) is 6.94. The Bertz CT molecular complexity index is 2340. The summed E-state index contributed by atoms with van der Waals surface area (Å²) in [6.45, 7) is 1.96. The summed E-state index contributed by atoms with van der Waals surface area (Å²) in [5.41, 5.74) is -0.549. The molecule has 0 radical (unpaired) electrons. The van der Waals surface area contributed by atoms with E-state index in [2.05, 4.69) is 32.0 Å². The van der Waals surface area contributed by atoms with Crippen molar-refractivity contribution in [2.45, 2.75) is 62.2 Å². The number of aromatic nitrogens is 3. The zero-order valence-corrected chi connectivity index (χ0v) is 30.4. The predicted octanol–water partition coefficient (Wildman–Crippen LogP) is 5.68. The number of pyridine rings is 1. The molecule has 2 fully saturated rings. The van der Waals surface area contributed by atoms with Gasteiger partial charge in [-0.2, -0.15) is 5.26 Å². The molecule has 1 atom stereocenters. The highest BCUT2D eigenvalue weighted by Crippen LogP contribution is 2.47. The molecule has 54 heavy (non-hydrogen) atoms. The van der Waals surface area contributed by atoms with Gasteiger partial charge >= 0.3 is 0 Å². The fraction of sp³-hybridized carbons (Fsp3) is 0.256. The molecule has 3 N–H and O–H groups in total. The Morgan fingerprint density at radius 2 is 1.67 bits per heavy atom. The lowest BCUT2D eigenvalue weighted by Gasteiger charge is -2.27. The van der Waals surface area contributed by atoms with E-state index < -0.39 is 22.5 Å². The molecule has 15 heteroatoms. The summed E-state index contributed by atoms with van der Waals surface area (Å²) in [5.74, 6) is -0.774. The molecule has 5 aromatic rings. The summed E-state index contributed by atoms with van der Waals surface area (Å²) in [4.78, 5) is 65.5. The number of carbonyl (C=O) groups is 4. The van der Waals surface area contributed by atoms with E-state index in [0.29, 0.717) is 64.0 Å². The van der Waals surface area contributed by atoms with E-state index in [1.165, 1.54) is 23.6 Å². The SMILES string of the molecule is C[C@@]1(Cc2ccc(C#N)cc2)C(=O)N(c2cc(Cl)cc(Cl)c2)c2ncc(C(=O)NC3(C(=O)NC4(c5ccc(C(=O)NCc6ccco6)cn5)CC4)CC3)n21. The number of fused-ring (bicyclic) bond motifs is 1. The van der Waals surface area contributed by atoms with E-state index in [4.69, 9.17) is 27.6 Å². The van der Waals surface area contributed by atoms with Crippen LogP contribution < -0.4 is 20.9 Å². The highest BCUT2D eigenvalue weighted by atomic mass is 35.5. The van der Waals surface area contributed by atoms with E-state index in [1.807, 2.05) is 0 Å². The van der Waals surface area contributed by atoms with E-state index in [9.17, 15) is 24.4 Å². The number of benzene rings is 2. The first-order chi connectivity index (χ1) is 25.9. The molecule has 0 unspecified atom stereocenters. The molecule has 0 saturated heterocycles. The zero-order chi connectivity index (χ0) is 37.8. The number of hydrogen-bond donors (Lipinski definition) is 3. The van der Waals surface area contributed by atoms with E-state index in [1.54, 1.807) is 78.2 Å². The van der Waals surface area contributed by atoms with Gasteiger partial charge in [0.1, 0.15) is 22.5 Å². The Hall–Kier alpha value is -5.97. The van der Waals surface area contributed by atoms with Crippen LogP contribution in [0.4, 0.5) is 11.6 Å². The lowest BCUT2D eigenvalue weighted by molar-refractivity contribution is -0.125. The second-order valence-corrected chi connectivity index (χ2v) is 14.9. The van der Waals surface area contributed by atoms with Crippen LogP contribution in [0.3, 0.4) is 0 Å². The lowest BCUT2D eigenvalue weighted by Crippen LogP contribution is -2.52. The van der Waals surface area contributed by atoms with Crippen LogP contribution in [0, 0.1) is 11.3 Å². The number of furan rings is 1. The first kappa shape index (κ1) is 35.1. The molecule has 4 heterocycles. The second-order valence-electron chi connectivity index (χ2n) is 14.1. The maximum atomic E-state index is 14.4. The molecular weight excluding hydrogens is 731 g/mol. The topological polar surface area (TPSA) is 175 Å². The number of rotatable bonds is 11.